The SMILES string of the molecule is O=C(CCCS(=O)(=O)c1ccccc1)Nc1nc(-c2cccs2)cs1. The minimum absolute atomic E-state index is 0.0528. The van der Waals surface area contributed by atoms with Crippen molar-refractivity contribution in [1.82, 2.24) is 4.98 Å². The summed E-state index contributed by atoms with van der Waals surface area (Å²) in [5, 5.41) is 7.12. The van der Waals surface area contributed by atoms with E-state index in [1.54, 1.807) is 41.7 Å². The monoisotopic (exact) mass is 392 g/mol. The summed E-state index contributed by atoms with van der Waals surface area (Å²) in [4.78, 5) is 17.7. The van der Waals surface area contributed by atoms with Crippen LogP contribution in [0.15, 0.2) is 58.1 Å². The molecular formula is C17H16N2O3S3. The Morgan fingerprint density at radius 1 is 1.08 bits per heavy atom. The van der Waals surface area contributed by atoms with Gasteiger partial charge in [-0.1, -0.05) is 24.3 Å². The largest absolute Gasteiger partial charge is 0.302 e. The standard InChI is InChI=1S/C17H16N2O3S3/c20-16(9-5-11-25(21,22)13-6-2-1-3-7-13)19-17-18-14(12-24-17)15-8-4-10-23-15/h1-4,6-8,10,12H,5,9,11H2,(H,18,19,20). The van der Waals surface area contributed by atoms with Gasteiger partial charge < -0.3 is 5.32 Å². The fourth-order valence-electron chi connectivity index (χ4n) is 2.22. The highest BCUT2D eigenvalue weighted by Gasteiger charge is 2.15. The van der Waals surface area contributed by atoms with E-state index < -0.39 is 9.84 Å². The number of hydrogen-bond donors (Lipinski definition) is 1. The topological polar surface area (TPSA) is 76.1 Å². The van der Waals surface area contributed by atoms with Crippen molar-refractivity contribution in [2.75, 3.05) is 11.1 Å². The summed E-state index contributed by atoms with van der Waals surface area (Å²) in [5.74, 6) is -0.279. The lowest BCUT2D eigenvalue weighted by molar-refractivity contribution is -0.116. The minimum atomic E-state index is -3.35. The molecule has 0 atom stereocenters. The Kier molecular flexibility index (Phi) is 5.62. The molecular weight excluding hydrogens is 376 g/mol. The number of rotatable bonds is 7. The van der Waals surface area contributed by atoms with Crippen molar-refractivity contribution >= 4 is 43.5 Å². The fraction of sp³-hybridized carbons (Fsp3) is 0.176. The second-order valence-electron chi connectivity index (χ2n) is 5.30. The molecule has 0 spiro atoms. The summed E-state index contributed by atoms with van der Waals surface area (Å²) >= 11 is 2.94. The molecule has 1 amide bonds. The van der Waals surface area contributed by atoms with E-state index in [1.165, 1.54) is 11.3 Å². The van der Waals surface area contributed by atoms with E-state index in [0.717, 1.165) is 10.6 Å². The van der Waals surface area contributed by atoms with Gasteiger partial charge in [0.15, 0.2) is 15.0 Å². The van der Waals surface area contributed by atoms with Gasteiger partial charge in [-0.05, 0) is 30.0 Å². The van der Waals surface area contributed by atoms with Gasteiger partial charge in [0.1, 0.15) is 0 Å². The van der Waals surface area contributed by atoms with Crippen molar-refractivity contribution in [3.63, 3.8) is 0 Å². The van der Waals surface area contributed by atoms with Crippen molar-refractivity contribution in [3.8, 4) is 10.6 Å². The number of sulfone groups is 1. The third-order valence-corrected chi connectivity index (χ3v) is 6.91. The van der Waals surface area contributed by atoms with Crippen molar-refractivity contribution in [2.45, 2.75) is 17.7 Å². The number of hydrogen-bond acceptors (Lipinski definition) is 6. The van der Waals surface area contributed by atoms with Crippen LogP contribution in [0.5, 0.6) is 0 Å². The summed E-state index contributed by atoms with van der Waals surface area (Å²) in [6.07, 6.45) is 0.409. The second kappa shape index (κ2) is 7.90. The van der Waals surface area contributed by atoms with Crippen LogP contribution in [0.1, 0.15) is 12.8 Å². The Bertz CT molecular complexity index is 933. The number of nitrogens with one attached hydrogen (secondary N) is 1. The van der Waals surface area contributed by atoms with Gasteiger partial charge in [0, 0.05) is 11.8 Å². The van der Waals surface area contributed by atoms with Crippen molar-refractivity contribution in [1.29, 1.82) is 0 Å². The number of benzene rings is 1. The maximum absolute atomic E-state index is 12.2. The number of carbonyl (C=O) groups excluding carboxylic acids is 1. The lowest BCUT2D eigenvalue weighted by atomic mass is 10.3. The van der Waals surface area contributed by atoms with Crippen molar-refractivity contribution < 1.29 is 13.2 Å². The van der Waals surface area contributed by atoms with Crippen LogP contribution >= 0.6 is 22.7 Å². The summed E-state index contributed by atoms with van der Waals surface area (Å²) < 4.78 is 24.3. The number of anilines is 1. The lowest BCUT2D eigenvalue weighted by Gasteiger charge is -2.04. The van der Waals surface area contributed by atoms with Gasteiger partial charge in [0.2, 0.25) is 5.91 Å². The van der Waals surface area contributed by atoms with Crippen LogP contribution in [0.2, 0.25) is 0 Å². The normalized spacial score (nSPS) is 11.4. The van der Waals surface area contributed by atoms with E-state index in [0.29, 0.717) is 5.13 Å². The molecule has 0 radical (unpaired) electrons. The molecule has 0 saturated carbocycles. The van der Waals surface area contributed by atoms with E-state index in [4.69, 9.17) is 0 Å². The molecule has 2 aromatic heterocycles. The Hall–Kier alpha value is -2.03. The van der Waals surface area contributed by atoms with Gasteiger partial charge in [-0.3, -0.25) is 4.79 Å². The molecule has 3 aromatic rings. The van der Waals surface area contributed by atoms with Gasteiger partial charge in [-0.15, -0.1) is 22.7 Å². The predicted octanol–water partition coefficient (Wildman–Crippen LogP) is 4.06. The number of thiazole rings is 1. The Balaban J connectivity index is 1.50. The molecule has 1 aromatic carbocycles. The van der Waals surface area contributed by atoms with Crippen LogP contribution in [0.4, 0.5) is 5.13 Å². The summed E-state index contributed by atoms with van der Waals surface area (Å²) in [6.45, 7) is 0. The molecule has 0 aliphatic heterocycles. The third-order valence-electron chi connectivity index (χ3n) is 3.44. The Labute approximate surface area is 154 Å². The van der Waals surface area contributed by atoms with E-state index in [2.05, 4.69) is 10.3 Å². The maximum atomic E-state index is 12.2. The van der Waals surface area contributed by atoms with Crippen LogP contribution in [0.25, 0.3) is 10.6 Å². The zero-order valence-corrected chi connectivity index (χ0v) is 15.7. The highest BCUT2D eigenvalue weighted by molar-refractivity contribution is 7.91. The first-order chi connectivity index (χ1) is 12.0. The van der Waals surface area contributed by atoms with Gasteiger partial charge in [0.25, 0.3) is 0 Å². The fourth-order valence-corrected chi connectivity index (χ4v) is 5.04. The van der Waals surface area contributed by atoms with Gasteiger partial charge in [-0.25, -0.2) is 13.4 Å². The Morgan fingerprint density at radius 2 is 1.88 bits per heavy atom. The molecule has 130 valence electrons. The smallest absolute Gasteiger partial charge is 0.226 e. The molecule has 5 nitrogen and oxygen atoms in total. The second-order valence-corrected chi connectivity index (χ2v) is 9.21. The van der Waals surface area contributed by atoms with E-state index in [9.17, 15) is 13.2 Å². The van der Waals surface area contributed by atoms with Crippen LogP contribution < -0.4 is 5.32 Å². The average molecular weight is 393 g/mol. The summed E-state index contributed by atoms with van der Waals surface area (Å²) in [6, 6.07) is 12.2. The van der Waals surface area contributed by atoms with E-state index in [-0.39, 0.29) is 29.4 Å². The quantitative estimate of drug-likeness (QED) is 0.658. The van der Waals surface area contributed by atoms with Gasteiger partial charge >= 0.3 is 0 Å². The van der Waals surface area contributed by atoms with Crippen LogP contribution in [-0.4, -0.2) is 25.1 Å². The molecule has 1 N–H and O–H groups in total. The molecule has 0 fully saturated rings. The summed E-state index contributed by atoms with van der Waals surface area (Å²) in [7, 11) is -3.35. The maximum Gasteiger partial charge on any atom is 0.226 e. The molecule has 0 aliphatic rings. The molecule has 2 heterocycles. The number of aromatic nitrogens is 1. The van der Waals surface area contributed by atoms with E-state index >= 15 is 0 Å². The highest BCUT2D eigenvalue weighted by atomic mass is 32.2. The first-order valence-corrected chi connectivity index (χ1v) is 11.0. The first-order valence-electron chi connectivity index (χ1n) is 7.62. The zero-order chi connectivity index (χ0) is 17.7. The highest BCUT2D eigenvalue weighted by Crippen LogP contribution is 2.28. The van der Waals surface area contributed by atoms with Crippen LogP contribution in [0.3, 0.4) is 0 Å². The molecule has 0 saturated heterocycles. The molecule has 0 unspecified atom stereocenters. The lowest BCUT2D eigenvalue weighted by Crippen LogP contribution is -2.14. The third kappa shape index (κ3) is 4.75. The minimum Gasteiger partial charge on any atom is -0.302 e. The average Bonchev–Trinajstić information content (AvgIpc) is 3.27. The van der Waals surface area contributed by atoms with Crippen LogP contribution in [0, 0.1) is 0 Å². The van der Waals surface area contributed by atoms with Crippen molar-refractivity contribution in [3.05, 3.63) is 53.2 Å². The van der Waals surface area contributed by atoms with Crippen molar-refractivity contribution in [2.24, 2.45) is 0 Å². The number of thiophene rings is 1. The summed E-state index contributed by atoms with van der Waals surface area (Å²) in [5.41, 5.74) is 0.835. The number of nitrogens with zero attached hydrogens (tertiary/aromatic N) is 1. The zero-order valence-electron chi connectivity index (χ0n) is 13.2. The number of amides is 1. The molecule has 25 heavy (non-hydrogen) atoms. The van der Waals surface area contributed by atoms with Crippen LogP contribution in [-0.2, 0) is 14.6 Å². The predicted molar refractivity (Wildman–Crippen MR) is 102 cm³/mol. The van der Waals surface area contributed by atoms with Gasteiger partial charge in [-0.2, -0.15) is 0 Å². The Morgan fingerprint density at radius 3 is 2.60 bits per heavy atom. The van der Waals surface area contributed by atoms with E-state index in [1.807, 2.05) is 22.9 Å². The molecule has 8 heteroatoms. The van der Waals surface area contributed by atoms with Gasteiger partial charge in [0.05, 0.1) is 21.2 Å². The number of carbonyl (C=O) groups is 1. The molecule has 3 rings (SSSR count). The molecule has 0 bridgehead atoms. The molecule has 0 aliphatic carbocycles. The first kappa shape index (κ1) is 17.8.